The van der Waals surface area contributed by atoms with Crippen LogP contribution < -0.4 is 15.7 Å². The first-order valence-electron chi connectivity index (χ1n) is 7.49. The van der Waals surface area contributed by atoms with Crippen molar-refractivity contribution in [3.05, 3.63) is 57.5 Å². The molecule has 0 bridgehead atoms. The molecule has 1 heterocycles. The fourth-order valence-corrected chi connectivity index (χ4v) is 2.17. The van der Waals surface area contributed by atoms with Crippen molar-refractivity contribution >= 4 is 18.2 Å². The van der Waals surface area contributed by atoms with E-state index in [4.69, 9.17) is 4.74 Å². The summed E-state index contributed by atoms with van der Waals surface area (Å²) in [6.07, 6.45) is 5.58. The second-order valence-electron chi connectivity index (χ2n) is 5.10. The number of carbonyl (C=O) groups is 1. The fourth-order valence-electron chi connectivity index (χ4n) is 2.17. The van der Waals surface area contributed by atoms with Crippen LogP contribution in [0.25, 0.3) is 6.08 Å². The summed E-state index contributed by atoms with van der Waals surface area (Å²) in [6.45, 7) is 1.78. The summed E-state index contributed by atoms with van der Waals surface area (Å²) in [6, 6.07) is 7.58. The number of ether oxygens (including phenoxy) is 1. The van der Waals surface area contributed by atoms with Gasteiger partial charge in [-0.3, -0.25) is 14.7 Å². The summed E-state index contributed by atoms with van der Waals surface area (Å²) in [5.74, 6) is 0.509. The summed E-state index contributed by atoms with van der Waals surface area (Å²) < 4.78 is 5.23. The number of aromatic nitrogens is 2. The van der Waals surface area contributed by atoms with Crippen molar-refractivity contribution in [2.45, 2.75) is 19.8 Å². The van der Waals surface area contributed by atoms with Crippen molar-refractivity contribution in [3.63, 3.8) is 0 Å². The molecule has 0 unspecified atom stereocenters. The van der Waals surface area contributed by atoms with E-state index in [0.717, 1.165) is 17.0 Å². The zero-order valence-electron chi connectivity index (χ0n) is 13.6. The molecule has 0 aliphatic carbocycles. The zero-order valence-corrected chi connectivity index (χ0v) is 13.6. The van der Waals surface area contributed by atoms with Gasteiger partial charge in [-0.1, -0.05) is 18.2 Å². The first-order valence-corrected chi connectivity index (χ1v) is 7.49. The van der Waals surface area contributed by atoms with E-state index in [1.165, 1.54) is 6.21 Å². The molecule has 0 radical (unpaired) electrons. The Hall–Kier alpha value is -3.09. The Balaban J connectivity index is 1.80. The van der Waals surface area contributed by atoms with Crippen LogP contribution in [-0.4, -0.2) is 29.4 Å². The van der Waals surface area contributed by atoms with Gasteiger partial charge in [0.1, 0.15) is 5.75 Å². The van der Waals surface area contributed by atoms with Crippen LogP contribution in [0.5, 0.6) is 5.75 Å². The number of methoxy groups -OCH3 is 1. The normalized spacial score (nSPS) is 11.2. The number of aryl methyl sites for hydroxylation is 1. The van der Waals surface area contributed by atoms with Gasteiger partial charge in [-0.15, -0.1) is 0 Å². The minimum absolute atomic E-state index is 0.190. The molecule has 0 atom stereocenters. The molecule has 2 aromatic rings. The van der Waals surface area contributed by atoms with Crippen molar-refractivity contribution in [1.82, 2.24) is 15.6 Å². The molecule has 3 N–H and O–H groups in total. The largest absolute Gasteiger partial charge is 0.496 e. The van der Waals surface area contributed by atoms with Crippen LogP contribution in [0, 0.1) is 6.92 Å². The lowest BCUT2D eigenvalue weighted by atomic mass is 10.1. The van der Waals surface area contributed by atoms with Crippen molar-refractivity contribution in [1.29, 1.82) is 0 Å². The molecule has 0 aliphatic rings. The number of amides is 1. The molecule has 7 nitrogen and oxygen atoms in total. The molecule has 24 heavy (non-hydrogen) atoms. The van der Waals surface area contributed by atoms with Crippen LogP contribution in [0.15, 0.2) is 40.2 Å². The fraction of sp³-hybridized carbons (Fsp3) is 0.235. The number of rotatable bonds is 7. The van der Waals surface area contributed by atoms with E-state index in [2.05, 4.69) is 20.7 Å². The molecule has 0 aliphatic heterocycles. The zero-order chi connectivity index (χ0) is 17.4. The second kappa shape index (κ2) is 8.52. The number of aromatic amines is 2. The molecule has 0 fully saturated rings. The van der Waals surface area contributed by atoms with E-state index < -0.39 is 0 Å². The van der Waals surface area contributed by atoms with Crippen molar-refractivity contribution in [2.24, 2.45) is 5.10 Å². The van der Waals surface area contributed by atoms with E-state index in [1.807, 2.05) is 30.3 Å². The van der Waals surface area contributed by atoms with Gasteiger partial charge in [-0.25, -0.2) is 5.43 Å². The summed E-state index contributed by atoms with van der Waals surface area (Å²) >= 11 is 0. The monoisotopic (exact) mass is 328 g/mol. The number of hydrogen-bond donors (Lipinski definition) is 3. The molecule has 2 rings (SSSR count). The van der Waals surface area contributed by atoms with Crippen LogP contribution in [-0.2, 0) is 11.2 Å². The minimum atomic E-state index is -0.253. The average molecular weight is 328 g/mol. The third-order valence-corrected chi connectivity index (χ3v) is 3.46. The number of para-hydroxylation sites is 1. The highest BCUT2D eigenvalue weighted by Crippen LogP contribution is 2.18. The lowest BCUT2D eigenvalue weighted by Crippen LogP contribution is -2.19. The number of nitrogens with one attached hydrogen (secondary N) is 3. The quantitative estimate of drug-likeness (QED) is 0.533. The Morgan fingerprint density at radius 2 is 2.12 bits per heavy atom. The Labute approximate surface area is 139 Å². The molecule has 1 aromatic carbocycles. The minimum Gasteiger partial charge on any atom is -0.496 e. The summed E-state index contributed by atoms with van der Waals surface area (Å²) in [7, 11) is 1.61. The number of nitrogens with zero attached hydrogens (tertiary/aromatic N) is 1. The van der Waals surface area contributed by atoms with E-state index >= 15 is 0 Å². The SMILES string of the molecule is COc1ccccc1/C=C/C=N/NC(=O)CCc1c(C)[nH][nH]c1=O. The Kier molecular flexibility index (Phi) is 6.13. The van der Waals surface area contributed by atoms with Gasteiger partial charge in [-0.2, -0.15) is 5.10 Å². The molecular formula is C17H20N4O3. The standard InChI is InChI=1S/C17H20N4O3/c1-12-14(17(23)21-19-12)9-10-16(22)20-18-11-5-7-13-6-3-4-8-15(13)24-2/h3-8,11H,9-10H2,1-2H3,(H,20,22)(H2,19,21,23)/b7-5+,18-11+. The Morgan fingerprint density at radius 1 is 1.33 bits per heavy atom. The highest BCUT2D eigenvalue weighted by atomic mass is 16.5. The van der Waals surface area contributed by atoms with Crippen LogP contribution in [0.1, 0.15) is 23.2 Å². The number of hydrogen-bond acceptors (Lipinski definition) is 4. The molecule has 7 heteroatoms. The smallest absolute Gasteiger partial charge is 0.267 e. The van der Waals surface area contributed by atoms with Gasteiger partial charge in [0.2, 0.25) is 5.91 Å². The lowest BCUT2D eigenvalue weighted by molar-refractivity contribution is -0.121. The summed E-state index contributed by atoms with van der Waals surface area (Å²) in [5, 5.41) is 9.05. The number of benzene rings is 1. The first kappa shape index (κ1) is 17.3. The maximum absolute atomic E-state index is 11.7. The average Bonchev–Trinajstić information content (AvgIpc) is 2.91. The third-order valence-electron chi connectivity index (χ3n) is 3.46. The molecule has 1 amide bonds. The van der Waals surface area contributed by atoms with Crippen LogP contribution >= 0.6 is 0 Å². The maximum atomic E-state index is 11.7. The highest BCUT2D eigenvalue weighted by Gasteiger charge is 2.08. The van der Waals surface area contributed by atoms with Crippen LogP contribution in [0.3, 0.4) is 0 Å². The van der Waals surface area contributed by atoms with Gasteiger partial charge in [0.05, 0.1) is 7.11 Å². The van der Waals surface area contributed by atoms with E-state index in [1.54, 1.807) is 20.1 Å². The van der Waals surface area contributed by atoms with Gasteiger partial charge in [0, 0.05) is 29.5 Å². The Morgan fingerprint density at radius 3 is 2.83 bits per heavy atom. The molecule has 0 saturated carbocycles. The van der Waals surface area contributed by atoms with Crippen molar-refractivity contribution in [2.75, 3.05) is 7.11 Å². The first-order chi connectivity index (χ1) is 11.6. The van der Waals surface area contributed by atoms with Crippen LogP contribution in [0.2, 0.25) is 0 Å². The topological polar surface area (TPSA) is 99.3 Å². The van der Waals surface area contributed by atoms with E-state index in [9.17, 15) is 9.59 Å². The predicted octanol–water partition coefficient (Wildman–Crippen LogP) is 1.77. The van der Waals surface area contributed by atoms with Gasteiger partial charge < -0.3 is 9.84 Å². The molecule has 1 aromatic heterocycles. The van der Waals surface area contributed by atoms with Gasteiger partial charge >= 0.3 is 0 Å². The molecule has 0 spiro atoms. The summed E-state index contributed by atoms with van der Waals surface area (Å²) in [5.41, 5.74) is 4.48. The van der Waals surface area contributed by atoms with Gasteiger partial charge in [0.25, 0.3) is 5.56 Å². The van der Waals surface area contributed by atoms with Crippen LogP contribution in [0.4, 0.5) is 0 Å². The highest BCUT2D eigenvalue weighted by molar-refractivity contribution is 5.82. The lowest BCUT2D eigenvalue weighted by Gasteiger charge is -2.02. The number of allylic oxidation sites excluding steroid dienone is 1. The number of hydrazone groups is 1. The van der Waals surface area contributed by atoms with Gasteiger partial charge in [-0.05, 0) is 31.6 Å². The van der Waals surface area contributed by atoms with Crippen molar-refractivity contribution < 1.29 is 9.53 Å². The molecule has 0 saturated heterocycles. The summed E-state index contributed by atoms with van der Waals surface area (Å²) in [4.78, 5) is 23.2. The van der Waals surface area contributed by atoms with Gasteiger partial charge in [0.15, 0.2) is 0 Å². The van der Waals surface area contributed by atoms with Crippen molar-refractivity contribution in [3.8, 4) is 5.75 Å². The Bertz CT molecular complexity index is 802. The third kappa shape index (κ3) is 4.70. The van der Waals surface area contributed by atoms with E-state index in [0.29, 0.717) is 12.0 Å². The number of H-pyrrole nitrogens is 2. The predicted molar refractivity (Wildman–Crippen MR) is 93.1 cm³/mol. The van der Waals surface area contributed by atoms with E-state index in [-0.39, 0.29) is 17.9 Å². The second-order valence-corrected chi connectivity index (χ2v) is 5.10. The number of carbonyl (C=O) groups excluding carboxylic acids is 1. The maximum Gasteiger partial charge on any atom is 0.267 e. The molecule has 126 valence electrons. The molecular weight excluding hydrogens is 308 g/mol.